The Morgan fingerprint density at radius 1 is 1.15 bits per heavy atom. The molecule has 2 aromatic carbocycles. The smallest absolute Gasteiger partial charge is 0.325 e. The van der Waals surface area contributed by atoms with Crippen LogP contribution in [0.4, 0.5) is 9.18 Å². The number of methoxy groups -OCH3 is 1. The number of nitrogens with one attached hydrogen (secondary N) is 1. The Morgan fingerprint density at radius 3 is 2.59 bits per heavy atom. The van der Waals surface area contributed by atoms with Crippen LogP contribution < -0.4 is 10.1 Å². The summed E-state index contributed by atoms with van der Waals surface area (Å²) in [5.74, 6) is 0.507. The third-order valence-corrected chi connectivity index (χ3v) is 5.52. The quantitative estimate of drug-likeness (QED) is 0.583. The van der Waals surface area contributed by atoms with Crippen molar-refractivity contribution in [2.75, 3.05) is 19.4 Å². The maximum absolute atomic E-state index is 13.7. The number of rotatable bonds is 7. The summed E-state index contributed by atoms with van der Waals surface area (Å²) in [6.45, 7) is 1.93. The lowest BCUT2D eigenvalue weighted by Crippen LogP contribution is -2.46. The molecule has 1 fully saturated rings. The summed E-state index contributed by atoms with van der Waals surface area (Å²) >= 11 is 1.28. The van der Waals surface area contributed by atoms with Gasteiger partial charge >= 0.3 is 6.03 Å². The zero-order valence-corrected chi connectivity index (χ0v) is 16.0. The normalized spacial score (nSPS) is 19.3. The Bertz CT molecular complexity index is 861. The van der Waals surface area contributed by atoms with Crippen molar-refractivity contribution in [1.82, 2.24) is 10.2 Å². The molecule has 1 aliphatic rings. The van der Waals surface area contributed by atoms with E-state index in [-0.39, 0.29) is 18.3 Å². The fourth-order valence-corrected chi connectivity index (χ4v) is 3.98. The molecule has 1 saturated heterocycles. The number of carbonyl (C=O) groups excluding carboxylic acids is 2. The molecule has 2 aromatic rings. The van der Waals surface area contributed by atoms with Crippen LogP contribution in [0.2, 0.25) is 0 Å². The van der Waals surface area contributed by atoms with E-state index in [0.29, 0.717) is 22.8 Å². The number of hydrogen-bond donors (Lipinski definition) is 1. The number of amides is 3. The number of ether oxygens (including phenoxy) is 1. The van der Waals surface area contributed by atoms with Crippen LogP contribution in [0.15, 0.2) is 53.4 Å². The van der Waals surface area contributed by atoms with Gasteiger partial charge in [0.2, 0.25) is 0 Å². The third-order valence-electron chi connectivity index (χ3n) is 4.49. The van der Waals surface area contributed by atoms with Crippen LogP contribution >= 0.6 is 11.8 Å². The highest BCUT2D eigenvalue weighted by Crippen LogP contribution is 2.28. The van der Waals surface area contributed by atoms with Gasteiger partial charge < -0.3 is 10.1 Å². The molecule has 3 rings (SSSR count). The standard InChI is InChI=1S/C20H21FN2O3S/c1-20(13-14-7-3-5-9-16(14)26-2)18(24)23(19(25)22-20)11-12-27-17-10-6-4-8-15(17)21/h3-10H,11-13H2,1-2H3,(H,22,25)/t20-/m1/s1. The molecule has 142 valence electrons. The van der Waals surface area contributed by atoms with E-state index in [1.807, 2.05) is 24.3 Å². The topological polar surface area (TPSA) is 58.6 Å². The van der Waals surface area contributed by atoms with Gasteiger partial charge in [-0.2, -0.15) is 0 Å². The largest absolute Gasteiger partial charge is 0.496 e. The van der Waals surface area contributed by atoms with Crippen molar-refractivity contribution in [1.29, 1.82) is 0 Å². The summed E-state index contributed by atoms with van der Waals surface area (Å²) in [5.41, 5.74) is -0.187. The molecule has 0 aromatic heterocycles. The van der Waals surface area contributed by atoms with Gasteiger partial charge in [-0.1, -0.05) is 30.3 Å². The zero-order chi connectivity index (χ0) is 19.4. The van der Waals surface area contributed by atoms with Crippen LogP contribution in [-0.4, -0.2) is 41.8 Å². The van der Waals surface area contributed by atoms with E-state index in [1.54, 1.807) is 32.2 Å². The molecule has 0 aliphatic carbocycles. The van der Waals surface area contributed by atoms with Crippen LogP contribution in [0.25, 0.3) is 0 Å². The summed E-state index contributed by atoms with van der Waals surface area (Å²) in [6, 6.07) is 13.4. The maximum Gasteiger partial charge on any atom is 0.325 e. The molecular formula is C20H21FN2O3S. The molecule has 0 unspecified atom stereocenters. The lowest BCUT2D eigenvalue weighted by molar-refractivity contribution is -0.130. The minimum Gasteiger partial charge on any atom is -0.496 e. The van der Waals surface area contributed by atoms with Gasteiger partial charge in [0.1, 0.15) is 17.1 Å². The van der Waals surface area contributed by atoms with Crippen LogP contribution in [-0.2, 0) is 11.2 Å². The van der Waals surface area contributed by atoms with E-state index in [9.17, 15) is 14.0 Å². The third kappa shape index (κ3) is 4.08. The first kappa shape index (κ1) is 19.2. The first-order chi connectivity index (χ1) is 12.9. The average Bonchev–Trinajstić information content (AvgIpc) is 2.86. The maximum atomic E-state index is 13.7. The number of halogens is 1. The number of nitrogens with zero attached hydrogens (tertiary/aromatic N) is 1. The van der Waals surface area contributed by atoms with Gasteiger partial charge in [0.05, 0.1) is 7.11 Å². The van der Waals surface area contributed by atoms with E-state index < -0.39 is 11.6 Å². The number of benzene rings is 2. The Balaban J connectivity index is 1.66. The molecule has 7 heteroatoms. The molecule has 0 bridgehead atoms. The molecule has 0 radical (unpaired) electrons. The minimum atomic E-state index is -1.03. The number of carbonyl (C=O) groups is 2. The van der Waals surface area contributed by atoms with Crippen molar-refractivity contribution < 1.29 is 18.7 Å². The van der Waals surface area contributed by atoms with Crippen LogP contribution in [0, 0.1) is 5.82 Å². The molecule has 27 heavy (non-hydrogen) atoms. The molecule has 0 spiro atoms. The van der Waals surface area contributed by atoms with Gasteiger partial charge in [0.15, 0.2) is 0 Å². The van der Waals surface area contributed by atoms with Gasteiger partial charge in [-0.3, -0.25) is 9.69 Å². The van der Waals surface area contributed by atoms with Gasteiger partial charge in [-0.15, -0.1) is 11.8 Å². The van der Waals surface area contributed by atoms with E-state index in [0.717, 1.165) is 5.56 Å². The predicted molar refractivity (Wildman–Crippen MR) is 102 cm³/mol. The summed E-state index contributed by atoms with van der Waals surface area (Å²) < 4.78 is 19.0. The summed E-state index contributed by atoms with van der Waals surface area (Å²) in [7, 11) is 1.57. The Hall–Kier alpha value is -2.54. The van der Waals surface area contributed by atoms with E-state index in [4.69, 9.17) is 4.74 Å². The highest BCUT2D eigenvalue weighted by Gasteiger charge is 2.47. The van der Waals surface area contributed by atoms with Gasteiger partial charge in [-0.05, 0) is 30.7 Å². The Kier molecular flexibility index (Phi) is 5.70. The lowest BCUT2D eigenvalue weighted by atomic mass is 9.92. The predicted octanol–water partition coefficient (Wildman–Crippen LogP) is 3.48. The van der Waals surface area contributed by atoms with Crippen LogP contribution in [0.5, 0.6) is 5.75 Å². The Morgan fingerprint density at radius 2 is 1.85 bits per heavy atom. The van der Waals surface area contributed by atoms with Crippen molar-refractivity contribution in [3.05, 3.63) is 59.9 Å². The number of para-hydroxylation sites is 1. The monoisotopic (exact) mass is 388 g/mol. The zero-order valence-electron chi connectivity index (χ0n) is 15.2. The minimum absolute atomic E-state index is 0.213. The van der Waals surface area contributed by atoms with Gasteiger partial charge in [0, 0.05) is 23.6 Å². The first-order valence-electron chi connectivity index (χ1n) is 8.58. The van der Waals surface area contributed by atoms with E-state index in [2.05, 4.69) is 5.32 Å². The average molecular weight is 388 g/mol. The number of thioether (sulfide) groups is 1. The van der Waals surface area contributed by atoms with Crippen LogP contribution in [0.3, 0.4) is 0 Å². The van der Waals surface area contributed by atoms with E-state index >= 15 is 0 Å². The van der Waals surface area contributed by atoms with Crippen LogP contribution in [0.1, 0.15) is 12.5 Å². The second-order valence-corrected chi connectivity index (χ2v) is 7.62. The first-order valence-corrected chi connectivity index (χ1v) is 9.56. The number of urea groups is 1. The fraction of sp³-hybridized carbons (Fsp3) is 0.300. The molecular weight excluding hydrogens is 367 g/mol. The molecule has 5 nitrogen and oxygen atoms in total. The SMILES string of the molecule is COc1ccccc1C[C@@]1(C)NC(=O)N(CCSc2ccccc2F)C1=O. The number of imide groups is 1. The van der Waals surface area contributed by atoms with Crippen molar-refractivity contribution in [2.24, 2.45) is 0 Å². The summed E-state index contributed by atoms with van der Waals surface area (Å²) in [6.07, 6.45) is 0.332. The fourth-order valence-electron chi connectivity index (χ4n) is 3.11. The molecule has 1 heterocycles. The lowest BCUT2D eigenvalue weighted by Gasteiger charge is -2.22. The number of hydrogen-bond acceptors (Lipinski definition) is 4. The Labute approximate surface area is 161 Å². The highest BCUT2D eigenvalue weighted by atomic mass is 32.2. The molecule has 1 aliphatic heterocycles. The second kappa shape index (κ2) is 8.00. The second-order valence-electron chi connectivity index (χ2n) is 6.49. The van der Waals surface area contributed by atoms with Crippen molar-refractivity contribution in [3.8, 4) is 5.75 Å². The molecule has 0 saturated carbocycles. The van der Waals surface area contributed by atoms with E-state index in [1.165, 1.54) is 22.7 Å². The molecule has 1 N–H and O–H groups in total. The summed E-state index contributed by atoms with van der Waals surface area (Å²) in [4.78, 5) is 26.9. The molecule has 3 amide bonds. The molecule has 1 atom stereocenters. The van der Waals surface area contributed by atoms with Gasteiger partial charge in [-0.25, -0.2) is 9.18 Å². The summed E-state index contributed by atoms with van der Waals surface area (Å²) in [5, 5.41) is 2.79. The van der Waals surface area contributed by atoms with Gasteiger partial charge in [0.25, 0.3) is 5.91 Å². The van der Waals surface area contributed by atoms with Crippen molar-refractivity contribution in [2.45, 2.75) is 23.8 Å². The van der Waals surface area contributed by atoms with Crippen molar-refractivity contribution >= 4 is 23.7 Å². The highest BCUT2D eigenvalue weighted by molar-refractivity contribution is 7.99. The van der Waals surface area contributed by atoms with Crippen molar-refractivity contribution in [3.63, 3.8) is 0 Å².